The number of carbonyl (C=O) groups is 1. The van der Waals surface area contributed by atoms with Crippen molar-refractivity contribution in [3.63, 3.8) is 0 Å². The van der Waals surface area contributed by atoms with E-state index in [1.807, 2.05) is 18.0 Å². The molecule has 1 N–H and O–H groups in total. The summed E-state index contributed by atoms with van der Waals surface area (Å²) in [5, 5.41) is 8.89. The largest absolute Gasteiger partial charge is 0.489 e. The number of fused-ring (bicyclic) bond motifs is 1. The highest BCUT2D eigenvalue weighted by Crippen LogP contribution is 2.35. The van der Waals surface area contributed by atoms with Crippen LogP contribution in [0.4, 0.5) is 5.69 Å². The lowest BCUT2D eigenvalue weighted by atomic mass is 10.0. The van der Waals surface area contributed by atoms with Gasteiger partial charge < -0.3 is 14.7 Å². The molecular weight excluding hydrogens is 230 g/mol. The number of anilines is 1. The van der Waals surface area contributed by atoms with E-state index in [2.05, 4.69) is 26.0 Å². The molecule has 0 aliphatic carbocycles. The van der Waals surface area contributed by atoms with Gasteiger partial charge in [-0.1, -0.05) is 19.9 Å². The molecule has 18 heavy (non-hydrogen) atoms. The number of carboxylic acid groups (broad SMARTS) is 1. The molecule has 1 unspecified atom stereocenters. The third kappa shape index (κ3) is 2.42. The molecular formula is C14H19NO3. The third-order valence-electron chi connectivity index (χ3n) is 3.42. The number of nitrogens with zero attached hydrogens (tertiary/aromatic N) is 1. The average molecular weight is 249 g/mol. The first kappa shape index (κ1) is 12.7. The first-order valence-electron chi connectivity index (χ1n) is 6.20. The molecule has 98 valence electrons. The van der Waals surface area contributed by atoms with Gasteiger partial charge in [0, 0.05) is 7.05 Å². The van der Waals surface area contributed by atoms with Crippen LogP contribution in [0, 0.1) is 0 Å². The maximum atomic E-state index is 10.8. The summed E-state index contributed by atoms with van der Waals surface area (Å²) in [5.41, 5.74) is 2.22. The van der Waals surface area contributed by atoms with Crippen LogP contribution >= 0.6 is 0 Å². The number of hydrogen-bond donors (Lipinski definition) is 1. The Bertz CT molecular complexity index is 456. The fourth-order valence-corrected chi connectivity index (χ4v) is 2.18. The summed E-state index contributed by atoms with van der Waals surface area (Å²) in [5.74, 6) is 0.492. The second-order valence-corrected chi connectivity index (χ2v) is 5.06. The van der Waals surface area contributed by atoms with Gasteiger partial charge in [0.2, 0.25) is 0 Å². The van der Waals surface area contributed by atoms with Gasteiger partial charge in [0.25, 0.3) is 0 Å². The molecule has 1 aromatic rings. The minimum absolute atomic E-state index is 0.0991. The molecule has 1 atom stereocenters. The fraction of sp³-hybridized carbons (Fsp3) is 0.500. The van der Waals surface area contributed by atoms with Crippen molar-refractivity contribution < 1.29 is 14.6 Å². The summed E-state index contributed by atoms with van der Waals surface area (Å²) in [6.07, 6.45) is 0.0991. The lowest BCUT2D eigenvalue weighted by Gasteiger charge is -2.35. The summed E-state index contributed by atoms with van der Waals surface area (Å²) >= 11 is 0. The Morgan fingerprint density at radius 3 is 2.89 bits per heavy atom. The normalized spacial score (nSPS) is 18.4. The molecule has 4 nitrogen and oxygen atoms in total. The number of hydrogen-bond acceptors (Lipinski definition) is 3. The van der Waals surface area contributed by atoms with Crippen LogP contribution in [0.3, 0.4) is 0 Å². The van der Waals surface area contributed by atoms with Crippen molar-refractivity contribution in [3.05, 3.63) is 23.8 Å². The topological polar surface area (TPSA) is 49.8 Å². The highest BCUT2D eigenvalue weighted by Gasteiger charge is 2.26. The standard InChI is InChI=1S/C14H19NO3/c1-9(2)10-4-5-13-12(6-10)15(3)11(8-18-13)7-14(16)17/h4-6,9,11H,7-8H2,1-3H3,(H,16,17). The molecule has 1 aliphatic heterocycles. The predicted molar refractivity (Wildman–Crippen MR) is 70.5 cm³/mol. The number of likely N-dealkylation sites (N-methyl/N-ethyl adjacent to an activating group) is 1. The Morgan fingerprint density at radius 2 is 2.28 bits per heavy atom. The van der Waals surface area contributed by atoms with E-state index in [0.717, 1.165) is 11.4 Å². The molecule has 0 saturated carbocycles. The second kappa shape index (κ2) is 4.88. The van der Waals surface area contributed by atoms with Crippen LogP contribution in [-0.4, -0.2) is 30.8 Å². The molecule has 4 heteroatoms. The van der Waals surface area contributed by atoms with Crippen molar-refractivity contribution in [1.82, 2.24) is 0 Å². The third-order valence-corrected chi connectivity index (χ3v) is 3.42. The number of ether oxygens (including phenoxy) is 1. The number of benzene rings is 1. The van der Waals surface area contributed by atoms with E-state index < -0.39 is 5.97 Å². The van der Waals surface area contributed by atoms with Crippen molar-refractivity contribution in [2.75, 3.05) is 18.6 Å². The summed E-state index contributed by atoms with van der Waals surface area (Å²) in [6, 6.07) is 6.03. The molecule has 1 aliphatic rings. The first-order valence-corrected chi connectivity index (χ1v) is 6.20. The SMILES string of the molecule is CC(C)c1ccc2c(c1)N(C)C(CC(=O)O)CO2. The smallest absolute Gasteiger partial charge is 0.305 e. The lowest BCUT2D eigenvalue weighted by Crippen LogP contribution is -2.41. The molecule has 0 radical (unpaired) electrons. The first-order chi connectivity index (χ1) is 8.49. The Balaban J connectivity index is 2.29. The van der Waals surface area contributed by atoms with Crippen molar-refractivity contribution in [3.8, 4) is 5.75 Å². The number of carboxylic acids is 1. The maximum Gasteiger partial charge on any atom is 0.305 e. The molecule has 0 spiro atoms. The zero-order chi connectivity index (χ0) is 13.3. The van der Waals surface area contributed by atoms with Gasteiger partial charge in [-0.2, -0.15) is 0 Å². The van der Waals surface area contributed by atoms with Crippen LogP contribution in [0.1, 0.15) is 31.7 Å². The predicted octanol–water partition coefficient (Wildman–Crippen LogP) is 2.48. The molecule has 0 fully saturated rings. The summed E-state index contributed by atoms with van der Waals surface area (Å²) in [4.78, 5) is 12.8. The minimum atomic E-state index is -0.793. The molecule has 1 aromatic carbocycles. The zero-order valence-electron chi connectivity index (χ0n) is 11.0. The molecule has 0 saturated heterocycles. The Kier molecular flexibility index (Phi) is 3.45. The quantitative estimate of drug-likeness (QED) is 0.894. The monoisotopic (exact) mass is 249 g/mol. The van der Waals surface area contributed by atoms with Gasteiger partial charge in [-0.15, -0.1) is 0 Å². The number of rotatable bonds is 3. The maximum absolute atomic E-state index is 10.8. The van der Waals surface area contributed by atoms with Crippen molar-refractivity contribution in [1.29, 1.82) is 0 Å². The Hall–Kier alpha value is -1.71. The van der Waals surface area contributed by atoms with Gasteiger partial charge >= 0.3 is 5.97 Å². The van der Waals surface area contributed by atoms with Gasteiger partial charge in [0.1, 0.15) is 12.4 Å². The molecule has 1 heterocycles. The molecule has 0 aromatic heterocycles. The molecule has 0 amide bonds. The van der Waals surface area contributed by atoms with E-state index in [4.69, 9.17) is 9.84 Å². The van der Waals surface area contributed by atoms with Gasteiger partial charge in [0.05, 0.1) is 18.2 Å². The van der Waals surface area contributed by atoms with Crippen molar-refractivity contribution in [2.24, 2.45) is 0 Å². The zero-order valence-corrected chi connectivity index (χ0v) is 11.0. The Labute approximate surface area is 107 Å². The van der Waals surface area contributed by atoms with Crippen molar-refractivity contribution in [2.45, 2.75) is 32.2 Å². The highest BCUT2D eigenvalue weighted by atomic mass is 16.5. The Morgan fingerprint density at radius 1 is 1.56 bits per heavy atom. The average Bonchev–Trinajstić information content (AvgIpc) is 2.32. The van der Waals surface area contributed by atoms with Gasteiger partial charge in [-0.3, -0.25) is 4.79 Å². The van der Waals surface area contributed by atoms with E-state index in [0.29, 0.717) is 12.5 Å². The van der Waals surface area contributed by atoms with E-state index in [9.17, 15) is 4.79 Å². The van der Waals surface area contributed by atoms with Crippen LogP contribution in [0.25, 0.3) is 0 Å². The van der Waals surface area contributed by atoms with Crippen LogP contribution in [0.15, 0.2) is 18.2 Å². The second-order valence-electron chi connectivity index (χ2n) is 5.06. The summed E-state index contributed by atoms with van der Waals surface area (Å²) < 4.78 is 5.64. The number of aliphatic carboxylic acids is 1. The van der Waals surface area contributed by atoms with Gasteiger partial charge in [0.15, 0.2) is 0 Å². The molecule has 0 bridgehead atoms. The minimum Gasteiger partial charge on any atom is -0.489 e. The van der Waals surface area contributed by atoms with E-state index in [1.165, 1.54) is 5.56 Å². The van der Waals surface area contributed by atoms with E-state index in [-0.39, 0.29) is 12.5 Å². The van der Waals surface area contributed by atoms with Crippen molar-refractivity contribution >= 4 is 11.7 Å². The molecule has 2 rings (SSSR count). The van der Waals surface area contributed by atoms with Crippen LogP contribution in [0.2, 0.25) is 0 Å². The highest BCUT2D eigenvalue weighted by molar-refractivity contribution is 5.70. The van der Waals surface area contributed by atoms with Gasteiger partial charge in [-0.05, 0) is 23.6 Å². The van der Waals surface area contributed by atoms with Gasteiger partial charge in [-0.25, -0.2) is 0 Å². The summed E-state index contributed by atoms with van der Waals surface area (Å²) in [6.45, 7) is 4.71. The van der Waals surface area contributed by atoms with Crippen LogP contribution in [0.5, 0.6) is 5.75 Å². The van der Waals surface area contributed by atoms with Crippen LogP contribution < -0.4 is 9.64 Å². The van der Waals surface area contributed by atoms with Crippen LogP contribution in [-0.2, 0) is 4.79 Å². The lowest BCUT2D eigenvalue weighted by molar-refractivity contribution is -0.137. The fourth-order valence-electron chi connectivity index (χ4n) is 2.18. The van der Waals surface area contributed by atoms with E-state index >= 15 is 0 Å². The summed E-state index contributed by atoms with van der Waals surface area (Å²) in [7, 11) is 1.93. The van der Waals surface area contributed by atoms with E-state index in [1.54, 1.807) is 0 Å².